The average molecular weight is 312 g/mol. The maximum Gasteiger partial charge on any atom is 0.132 e. The molecule has 3 nitrogen and oxygen atoms in total. The van der Waals surface area contributed by atoms with E-state index in [1.165, 1.54) is 6.07 Å². The molecule has 1 heterocycles. The van der Waals surface area contributed by atoms with Crippen LogP contribution >= 0.6 is 0 Å². The Morgan fingerprint density at radius 1 is 1.13 bits per heavy atom. The molecule has 23 heavy (non-hydrogen) atoms. The molecule has 3 aromatic rings. The van der Waals surface area contributed by atoms with Crippen LogP contribution in [0.25, 0.3) is 16.6 Å². The van der Waals surface area contributed by atoms with Crippen LogP contribution in [0.15, 0.2) is 48.7 Å². The number of rotatable bonds is 5. The number of nitrogens with zero attached hydrogens (tertiary/aromatic N) is 2. The van der Waals surface area contributed by atoms with Gasteiger partial charge in [0.1, 0.15) is 18.2 Å². The number of benzene rings is 2. The van der Waals surface area contributed by atoms with E-state index in [2.05, 4.69) is 4.90 Å². The molecule has 4 heteroatoms. The van der Waals surface area contributed by atoms with Crippen molar-refractivity contribution in [2.75, 3.05) is 27.2 Å². The second kappa shape index (κ2) is 6.42. The monoisotopic (exact) mass is 312 g/mol. The van der Waals surface area contributed by atoms with E-state index in [1.54, 1.807) is 0 Å². The van der Waals surface area contributed by atoms with Crippen molar-refractivity contribution < 1.29 is 9.13 Å². The van der Waals surface area contributed by atoms with Crippen molar-refractivity contribution in [2.45, 2.75) is 6.92 Å². The standard InChI is InChI=1S/C19H21FN2O/c1-14-7-8-18(20)17-9-10-22(19(14)17)15-5-4-6-16(13-15)23-12-11-21(2)3/h4-10,13H,11-12H2,1-3H3. The van der Waals surface area contributed by atoms with Gasteiger partial charge in [0.15, 0.2) is 0 Å². The van der Waals surface area contributed by atoms with Crippen LogP contribution in [0.1, 0.15) is 5.56 Å². The molecule has 0 saturated heterocycles. The van der Waals surface area contributed by atoms with Gasteiger partial charge in [-0.2, -0.15) is 0 Å². The summed E-state index contributed by atoms with van der Waals surface area (Å²) in [6, 6.07) is 13.0. The molecule has 1 aromatic heterocycles. The number of aromatic nitrogens is 1. The number of hydrogen-bond donors (Lipinski definition) is 0. The Morgan fingerprint density at radius 3 is 2.74 bits per heavy atom. The lowest BCUT2D eigenvalue weighted by molar-refractivity contribution is 0.261. The van der Waals surface area contributed by atoms with Gasteiger partial charge in [-0.05, 0) is 50.8 Å². The summed E-state index contributed by atoms with van der Waals surface area (Å²) in [6.45, 7) is 3.49. The Hall–Kier alpha value is -2.33. The minimum Gasteiger partial charge on any atom is -0.492 e. The van der Waals surface area contributed by atoms with Gasteiger partial charge in [-0.25, -0.2) is 4.39 Å². The first-order chi connectivity index (χ1) is 11.1. The average Bonchev–Trinajstić information content (AvgIpc) is 2.97. The molecule has 0 aliphatic carbocycles. The van der Waals surface area contributed by atoms with Crippen molar-refractivity contribution in [1.82, 2.24) is 9.47 Å². The summed E-state index contributed by atoms with van der Waals surface area (Å²) < 4.78 is 21.8. The minimum atomic E-state index is -0.192. The molecule has 0 radical (unpaired) electrons. The van der Waals surface area contributed by atoms with Crippen molar-refractivity contribution in [3.05, 3.63) is 60.0 Å². The molecular formula is C19H21FN2O. The number of aryl methyl sites for hydroxylation is 1. The Labute approximate surface area is 135 Å². The van der Waals surface area contributed by atoms with Crippen LogP contribution in [0.4, 0.5) is 4.39 Å². The van der Waals surface area contributed by atoms with E-state index in [9.17, 15) is 4.39 Å². The summed E-state index contributed by atoms with van der Waals surface area (Å²) in [4.78, 5) is 2.08. The summed E-state index contributed by atoms with van der Waals surface area (Å²) in [5.41, 5.74) is 2.91. The molecule has 0 fully saturated rings. The van der Waals surface area contributed by atoms with Crippen LogP contribution in [-0.2, 0) is 0 Å². The second-order valence-electron chi connectivity index (χ2n) is 5.96. The normalized spacial score (nSPS) is 11.3. The van der Waals surface area contributed by atoms with Crippen LogP contribution in [0.3, 0.4) is 0 Å². The molecule has 0 bridgehead atoms. The van der Waals surface area contributed by atoms with Crippen LogP contribution < -0.4 is 4.74 Å². The highest BCUT2D eigenvalue weighted by Gasteiger charge is 2.10. The molecule has 120 valence electrons. The van der Waals surface area contributed by atoms with Crippen LogP contribution in [-0.4, -0.2) is 36.7 Å². The summed E-state index contributed by atoms with van der Waals surface area (Å²) in [5, 5.41) is 0.643. The first-order valence-electron chi connectivity index (χ1n) is 7.70. The SMILES string of the molecule is Cc1ccc(F)c2ccn(-c3cccc(OCCN(C)C)c3)c12. The minimum absolute atomic E-state index is 0.192. The van der Waals surface area contributed by atoms with Crippen LogP contribution in [0.5, 0.6) is 5.75 Å². The van der Waals surface area contributed by atoms with Crippen molar-refractivity contribution in [3.8, 4) is 11.4 Å². The van der Waals surface area contributed by atoms with E-state index in [0.29, 0.717) is 12.0 Å². The number of hydrogen-bond acceptors (Lipinski definition) is 2. The zero-order valence-electron chi connectivity index (χ0n) is 13.7. The first kappa shape index (κ1) is 15.6. The molecule has 0 amide bonds. The molecule has 0 aliphatic rings. The highest BCUT2D eigenvalue weighted by atomic mass is 19.1. The summed E-state index contributed by atoms with van der Waals surface area (Å²) >= 11 is 0. The highest BCUT2D eigenvalue weighted by molar-refractivity contribution is 5.85. The van der Waals surface area contributed by atoms with Crippen LogP contribution in [0, 0.1) is 12.7 Å². The fourth-order valence-electron chi connectivity index (χ4n) is 2.68. The van der Waals surface area contributed by atoms with Gasteiger partial charge in [-0.1, -0.05) is 12.1 Å². The molecule has 0 N–H and O–H groups in total. The van der Waals surface area contributed by atoms with Gasteiger partial charge >= 0.3 is 0 Å². The van der Waals surface area contributed by atoms with Gasteiger partial charge < -0.3 is 14.2 Å². The van der Waals surface area contributed by atoms with E-state index in [0.717, 1.165) is 29.1 Å². The van der Waals surface area contributed by atoms with Gasteiger partial charge in [0.05, 0.1) is 5.52 Å². The second-order valence-corrected chi connectivity index (χ2v) is 5.96. The van der Waals surface area contributed by atoms with E-state index in [4.69, 9.17) is 4.74 Å². The third-order valence-corrected chi connectivity index (χ3v) is 3.90. The Kier molecular flexibility index (Phi) is 4.35. The van der Waals surface area contributed by atoms with E-state index in [1.807, 2.05) is 68.2 Å². The van der Waals surface area contributed by atoms with Gasteiger partial charge in [0.25, 0.3) is 0 Å². The van der Waals surface area contributed by atoms with E-state index >= 15 is 0 Å². The first-order valence-corrected chi connectivity index (χ1v) is 7.70. The van der Waals surface area contributed by atoms with Crippen molar-refractivity contribution in [2.24, 2.45) is 0 Å². The topological polar surface area (TPSA) is 17.4 Å². The smallest absolute Gasteiger partial charge is 0.132 e. The summed E-state index contributed by atoms with van der Waals surface area (Å²) in [5.74, 6) is 0.628. The molecule has 2 aromatic carbocycles. The molecule has 0 atom stereocenters. The number of halogens is 1. The fourth-order valence-corrected chi connectivity index (χ4v) is 2.68. The lowest BCUT2D eigenvalue weighted by Gasteiger charge is -2.13. The number of fused-ring (bicyclic) bond motifs is 1. The van der Waals surface area contributed by atoms with Gasteiger partial charge in [0.2, 0.25) is 0 Å². The Morgan fingerprint density at radius 2 is 1.96 bits per heavy atom. The quantitative estimate of drug-likeness (QED) is 0.708. The molecule has 0 unspecified atom stereocenters. The van der Waals surface area contributed by atoms with Gasteiger partial charge in [0, 0.05) is 29.9 Å². The summed E-state index contributed by atoms with van der Waals surface area (Å²) in [7, 11) is 4.03. The third-order valence-electron chi connectivity index (χ3n) is 3.90. The highest BCUT2D eigenvalue weighted by Crippen LogP contribution is 2.27. The van der Waals surface area contributed by atoms with Crippen molar-refractivity contribution in [1.29, 1.82) is 0 Å². The van der Waals surface area contributed by atoms with Crippen LogP contribution in [0.2, 0.25) is 0 Å². The Balaban J connectivity index is 1.95. The predicted molar refractivity (Wildman–Crippen MR) is 92.0 cm³/mol. The number of likely N-dealkylation sites (N-methyl/N-ethyl adjacent to an activating group) is 1. The molecule has 0 aliphatic heterocycles. The maximum atomic E-state index is 14.0. The van der Waals surface area contributed by atoms with Crippen molar-refractivity contribution in [3.63, 3.8) is 0 Å². The zero-order valence-corrected chi connectivity index (χ0v) is 13.7. The zero-order chi connectivity index (χ0) is 16.4. The molecule has 0 saturated carbocycles. The number of ether oxygens (including phenoxy) is 1. The largest absolute Gasteiger partial charge is 0.492 e. The maximum absolute atomic E-state index is 14.0. The lowest BCUT2D eigenvalue weighted by Crippen LogP contribution is -2.19. The third kappa shape index (κ3) is 3.22. The molecular weight excluding hydrogens is 291 g/mol. The van der Waals surface area contributed by atoms with Crippen molar-refractivity contribution >= 4 is 10.9 Å². The summed E-state index contributed by atoms with van der Waals surface area (Å²) in [6.07, 6.45) is 1.90. The van der Waals surface area contributed by atoms with Gasteiger partial charge in [-0.15, -0.1) is 0 Å². The lowest BCUT2D eigenvalue weighted by atomic mass is 10.1. The Bertz CT molecular complexity index is 823. The molecule has 0 spiro atoms. The fraction of sp³-hybridized carbons (Fsp3) is 0.263. The predicted octanol–water partition coefficient (Wildman–Crippen LogP) is 4.02. The van der Waals surface area contributed by atoms with E-state index < -0.39 is 0 Å². The molecule has 3 rings (SSSR count). The van der Waals surface area contributed by atoms with Gasteiger partial charge in [-0.3, -0.25) is 0 Å². The van der Waals surface area contributed by atoms with E-state index in [-0.39, 0.29) is 5.82 Å².